The van der Waals surface area contributed by atoms with Crippen LogP contribution in [0.3, 0.4) is 0 Å². The second-order valence-electron chi connectivity index (χ2n) is 4.07. The second kappa shape index (κ2) is 6.81. The Morgan fingerprint density at radius 2 is 2.27 bits per heavy atom. The first kappa shape index (κ1) is 12.5. The zero-order valence-electron chi connectivity index (χ0n) is 9.41. The monoisotopic (exact) mass is 226 g/mol. The summed E-state index contributed by atoms with van der Waals surface area (Å²) in [4.78, 5) is 4.09. The Kier molecular flexibility index (Phi) is 5.66. The van der Waals surface area contributed by atoms with Crippen molar-refractivity contribution in [2.24, 2.45) is 5.92 Å². The van der Waals surface area contributed by atoms with Crippen molar-refractivity contribution in [2.45, 2.75) is 32.9 Å². The predicted molar refractivity (Wildman–Crippen MR) is 65.0 cm³/mol. The Balaban J connectivity index is 2.40. The van der Waals surface area contributed by atoms with E-state index in [-0.39, 0.29) is 0 Å². The van der Waals surface area contributed by atoms with Crippen molar-refractivity contribution in [1.29, 1.82) is 0 Å². The van der Waals surface area contributed by atoms with Crippen LogP contribution >= 0.6 is 11.6 Å². The first-order chi connectivity index (χ1) is 7.24. The molecule has 0 radical (unpaired) electrons. The van der Waals surface area contributed by atoms with Crippen molar-refractivity contribution >= 4 is 11.6 Å². The maximum atomic E-state index is 5.77. The van der Waals surface area contributed by atoms with Gasteiger partial charge < -0.3 is 5.32 Å². The lowest BCUT2D eigenvalue weighted by Crippen LogP contribution is -2.33. The Hall–Kier alpha value is -0.600. The number of aromatic nitrogens is 1. The first-order valence-corrected chi connectivity index (χ1v) is 5.95. The normalized spacial score (nSPS) is 13.1. The lowest BCUT2D eigenvalue weighted by molar-refractivity contribution is 0.389. The van der Waals surface area contributed by atoms with Crippen LogP contribution in [0, 0.1) is 5.92 Å². The largest absolute Gasteiger partial charge is 0.310 e. The SMILES string of the molecule is CC(C)C(CCCl)NCc1cccnc1. The van der Waals surface area contributed by atoms with E-state index in [9.17, 15) is 0 Å². The van der Waals surface area contributed by atoms with Crippen LogP contribution in [0.2, 0.25) is 0 Å². The van der Waals surface area contributed by atoms with Gasteiger partial charge >= 0.3 is 0 Å². The highest BCUT2D eigenvalue weighted by Gasteiger charge is 2.11. The molecule has 0 saturated heterocycles. The van der Waals surface area contributed by atoms with E-state index < -0.39 is 0 Å². The zero-order chi connectivity index (χ0) is 11.1. The van der Waals surface area contributed by atoms with Crippen LogP contribution in [0.25, 0.3) is 0 Å². The molecule has 0 fully saturated rings. The highest BCUT2D eigenvalue weighted by molar-refractivity contribution is 6.17. The number of hydrogen-bond donors (Lipinski definition) is 1. The molecule has 1 aromatic rings. The Morgan fingerprint density at radius 3 is 2.80 bits per heavy atom. The number of alkyl halides is 1. The van der Waals surface area contributed by atoms with Gasteiger partial charge in [0.15, 0.2) is 0 Å². The van der Waals surface area contributed by atoms with E-state index in [1.807, 2.05) is 12.3 Å². The summed E-state index contributed by atoms with van der Waals surface area (Å²) >= 11 is 5.77. The Labute approximate surface area is 97.1 Å². The van der Waals surface area contributed by atoms with E-state index in [2.05, 4.69) is 30.2 Å². The third kappa shape index (κ3) is 4.63. The van der Waals surface area contributed by atoms with Crippen LogP contribution < -0.4 is 5.32 Å². The molecule has 1 atom stereocenters. The van der Waals surface area contributed by atoms with Crippen molar-refractivity contribution in [2.75, 3.05) is 5.88 Å². The first-order valence-electron chi connectivity index (χ1n) is 5.42. The van der Waals surface area contributed by atoms with Crippen LogP contribution in [0.15, 0.2) is 24.5 Å². The Morgan fingerprint density at radius 1 is 1.47 bits per heavy atom. The van der Waals surface area contributed by atoms with Gasteiger partial charge in [-0.05, 0) is 24.0 Å². The molecule has 0 saturated carbocycles. The van der Waals surface area contributed by atoms with Crippen LogP contribution in [0.5, 0.6) is 0 Å². The van der Waals surface area contributed by atoms with E-state index in [1.54, 1.807) is 6.20 Å². The molecule has 0 amide bonds. The summed E-state index contributed by atoms with van der Waals surface area (Å²) in [6.07, 6.45) is 4.70. The summed E-state index contributed by atoms with van der Waals surface area (Å²) in [7, 11) is 0. The summed E-state index contributed by atoms with van der Waals surface area (Å²) in [6, 6.07) is 4.53. The van der Waals surface area contributed by atoms with Gasteiger partial charge in [0, 0.05) is 30.9 Å². The maximum Gasteiger partial charge on any atom is 0.0312 e. The molecule has 0 spiro atoms. The second-order valence-corrected chi connectivity index (χ2v) is 4.45. The summed E-state index contributed by atoms with van der Waals surface area (Å²) in [5.41, 5.74) is 1.22. The fraction of sp³-hybridized carbons (Fsp3) is 0.583. The summed E-state index contributed by atoms with van der Waals surface area (Å²) < 4.78 is 0. The molecule has 1 heterocycles. The summed E-state index contributed by atoms with van der Waals surface area (Å²) in [5, 5.41) is 3.51. The van der Waals surface area contributed by atoms with Crippen LogP contribution in [-0.4, -0.2) is 16.9 Å². The van der Waals surface area contributed by atoms with Gasteiger partial charge in [0.05, 0.1) is 0 Å². The van der Waals surface area contributed by atoms with Gasteiger partial charge in [-0.3, -0.25) is 4.98 Å². The molecular formula is C12H19ClN2. The molecule has 1 aromatic heterocycles. The average Bonchev–Trinajstić information content (AvgIpc) is 2.25. The number of rotatable bonds is 6. The molecule has 2 nitrogen and oxygen atoms in total. The van der Waals surface area contributed by atoms with Crippen LogP contribution in [0.1, 0.15) is 25.8 Å². The van der Waals surface area contributed by atoms with E-state index in [4.69, 9.17) is 11.6 Å². The molecule has 84 valence electrons. The van der Waals surface area contributed by atoms with Gasteiger partial charge in [-0.25, -0.2) is 0 Å². The molecule has 0 bridgehead atoms. The van der Waals surface area contributed by atoms with Crippen LogP contribution in [0.4, 0.5) is 0 Å². The molecule has 1 N–H and O–H groups in total. The highest BCUT2D eigenvalue weighted by Crippen LogP contribution is 2.08. The maximum absolute atomic E-state index is 5.77. The molecule has 15 heavy (non-hydrogen) atoms. The van der Waals surface area contributed by atoms with Gasteiger partial charge in [-0.1, -0.05) is 19.9 Å². The molecule has 1 rings (SSSR count). The molecule has 0 aromatic carbocycles. The minimum absolute atomic E-state index is 0.489. The van der Waals surface area contributed by atoms with E-state index in [0.717, 1.165) is 13.0 Å². The number of nitrogens with one attached hydrogen (secondary N) is 1. The molecule has 0 aliphatic rings. The number of halogens is 1. The quantitative estimate of drug-likeness (QED) is 0.755. The number of hydrogen-bond acceptors (Lipinski definition) is 2. The minimum Gasteiger partial charge on any atom is -0.310 e. The van der Waals surface area contributed by atoms with Gasteiger partial charge in [0.1, 0.15) is 0 Å². The summed E-state index contributed by atoms with van der Waals surface area (Å²) in [5.74, 6) is 1.32. The van der Waals surface area contributed by atoms with E-state index in [0.29, 0.717) is 17.8 Å². The van der Waals surface area contributed by atoms with Gasteiger partial charge in [0.25, 0.3) is 0 Å². The topological polar surface area (TPSA) is 24.9 Å². The molecular weight excluding hydrogens is 208 g/mol. The standard InChI is InChI=1S/C12H19ClN2/c1-10(2)12(5-6-13)15-9-11-4-3-7-14-8-11/h3-4,7-8,10,12,15H,5-6,9H2,1-2H3. The van der Waals surface area contributed by atoms with Gasteiger partial charge in [0.2, 0.25) is 0 Å². The molecule has 0 aliphatic heterocycles. The highest BCUT2D eigenvalue weighted by atomic mass is 35.5. The Bertz CT molecular complexity index is 262. The average molecular weight is 227 g/mol. The van der Waals surface area contributed by atoms with E-state index in [1.165, 1.54) is 5.56 Å². The molecule has 1 unspecified atom stereocenters. The minimum atomic E-state index is 0.489. The van der Waals surface area contributed by atoms with Crippen molar-refractivity contribution in [3.8, 4) is 0 Å². The van der Waals surface area contributed by atoms with Gasteiger partial charge in [-0.2, -0.15) is 0 Å². The third-order valence-electron chi connectivity index (χ3n) is 2.52. The van der Waals surface area contributed by atoms with Crippen molar-refractivity contribution in [3.63, 3.8) is 0 Å². The fourth-order valence-corrected chi connectivity index (χ4v) is 1.78. The molecule has 3 heteroatoms. The zero-order valence-corrected chi connectivity index (χ0v) is 10.2. The van der Waals surface area contributed by atoms with Gasteiger partial charge in [-0.15, -0.1) is 11.6 Å². The van der Waals surface area contributed by atoms with Crippen molar-refractivity contribution in [3.05, 3.63) is 30.1 Å². The van der Waals surface area contributed by atoms with E-state index >= 15 is 0 Å². The molecule has 0 aliphatic carbocycles. The predicted octanol–water partition coefficient (Wildman–Crippen LogP) is 2.82. The lowest BCUT2D eigenvalue weighted by Gasteiger charge is -2.21. The smallest absolute Gasteiger partial charge is 0.0312 e. The van der Waals surface area contributed by atoms with Crippen LogP contribution in [-0.2, 0) is 6.54 Å². The fourth-order valence-electron chi connectivity index (χ4n) is 1.54. The summed E-state index contributed by atoms with van der Waals surface area (Å²) in [6.45, 7) is 5.30. The van der Waals surface area contributed by atoms with Crippen molar-refractivity contribution < 1.29 is 0 Å². The lowest BCUT2D eigenvalue weighted by atomic mass is 10.0. The number of nitrogens with zero attached hydrogens (tertiary/aromatic N) is 1. The van der Waals surface area contributed by atoms with Crippen molar-refractivity contribution in [1.82, 2.24) is 10.3 Å². The number of pyridine rings is 1. The third-order valence-corrected chi connectivity index (χ3v) is 2.73.